The van der Waals surface area contributed by atoms with Crippen LogP contribution in [0.2, 0.25) is 0 Å². The van der Waals surface area contributed by atoms with E-state index in [1.165, 1.54) is 0 Å². The number of aliphatic imine (C=N–C) groups is 1. The zero-order valence-corrected chi connectivity index (χ0v) is 15.1. The maximum atomic E-state index is 11.6. The van der Waals surface area contributed by atoms with Crippen LogP contribution in [0.1, 0.15) is 33.1 Å². The molecular formula is C16H29N3O3S. The molecule has 2 unspecified atom stereocenters. The Hall–Kier alpha value is -0.820. The summed E-state index contributed by atoms with van der Waals surface area (Å²) in [5.74, 6) is 1.73. The molecule has 0 bridgehead atoms. The van der Waals surface area contributed by atoms with Crippen molar-refractivity contribution in [3.63, 3.8) is 0 Å². The second-order valence-electron chi connectivity index (χ2n) is 7.71. The molecule has 3 aliphatic heterocycles. The minimum atomic E-state index is -2.82. The lowest BCUT2D eigenvalue weighted by molar-refractivity contribution is 0.156. The summed E-state index contributed by atoms with van der Waals surface area (Å²) in [5.41, 5.74) is 0.302. The van der Waals surface area contributed by atoms with Gasteiger partial charge in [-0.05, 0) is 39.0 Å². The number of likely N-dealkylation sites (tertiary alicyclic amines) is 1. The van der Waals surface area contributed by atoms with Crippen LogP contribution in [-0.2, 0) is 14.6 Å². The first-order valence-electron chi connectivity index (χ1n) is 8.72. The highest BCUT2D eigenvalue weighted by molar-refractivity contribution is 7.91. The topological polar surface area (TPSA) is 71.0 Å². The van der Waals surface area contributed by atoms with Crippen LogP contribution in [0.3, 0.4) is 0 Å². The van der Waals surface area contributed by atoms with Gasteiger partial charge in [-0.2, -0.15) is 0 Å². The smallest absolute Gasteiger partial charge is 0.194 e. The van der Waals surface area contributed by atoms with E-state index >= 15 is 0 Å². The number of guanidine groups is 1. The number of ether oxygens (including phenoxy) is 1. The standard InChI is InChI=1S/C16H29N3O3S/c1-13(2)18-15(17-9-14-3-8-23(20,21)10-14)19-6-4-16(11-19)5-7-22-12-16/h13-14H,3-12H2,1-2H3,(H,17,18). The lowest BCUT2D eigenvalue weighted by Gasteiger charge is -2.26. The molecule has 0 aliphatic carbocycles. The summed E-state index contributed by atoms with van der Waals surface area (Å²) >= 11 is 0. The zero-order chi connectivity index (χ0) is 16.5. The largest absolute Gasteiger partial charge is 0.381 e. The Kier molecular flexibility index (Phi) is 4.88. The Morgan fingerprint density at radius 1 is 1.43 bits per heavy atom. The summed E-state index contributed by atoms with van der Waals surface area (Å²) in [4.78, 5) is 7.11. The van der Waals surface area contributed by atoms with E-state index in [0.29, 0.717) is 29.5 Å². The second-order valence-corrected chi connectivity index (χ2v) is 9.94. The Bertz CT molecular complexity index is 553. The predicted octanol–water partition coefficient (Wildman–Crippen LogP) is 0.888. The summed E-state index contributed by atoms with van der Waals surface area (Å²) in [7, 11) is -2.82. The number of sulfone groups is 1. The first-order valence-corrected chi connectivity index (χ1v) is 10.5. The Morgan fingerprint density at radius 3 is 2.87 bits per heavy atom. The zero-order valence-electron chi connectivity index (χ0n) is 14.3. The van der Waals surface area contributed by atoms with Crippen molar-refractivity contribution >= 4 is 15.8 Å². The molecule has 0 amide bonds. The van der Waals surface area contributed by atoms with Crippen LogP contribution in [-0.4, -0.2) is 69.7 Å². The highest BCUT2D eigenvalue weighted by Crippen LogP contribution is 2.38. The van der Waals surface area contributed by atoms with Gasteiger partial charge < -0.3 is 15.0 Å². The van der Waals surface area contributed by atoms with Gasteiger partial charge in [0.05, 0.1) is 18.1 Å². The molecule has 3 fully saturated rings. The van der Waals surface area contributed by atoms with Gasteiger partial charge in [-0.1, -0.05) is 0 Å². The van der Waals surface area contributed by atoms with Crippen molar-refractivity contribution in [2.75, 3.05) is 44.4 Å². The maximum Gasteiger partial charge on any atom is 0.194 e. The Morgan fingerprint density at radius 2 is 2.26 bits per heavy atom. The molecule has 23 heavy (non-hydrogen) atoms. The molecule has 3 rings (SSSR count). The molecule has 3 saturated heterocycles. The van der Waals surface area contributed by atoms with Crippen molar-refractivity contribution in [2.24, 2.45) is 16.3 Å². The van der Waals surface area contributed by atoms with E-state index in [0.717, 1.165) is 51.5 Å². The fourth-order valence-electron chi connectivity index (χ4n) is 3.81. The van der Waals surface area contributed by atoms with E-state index in [9.17, 15) is 8.42 Å². The number of rotatable bonds is 3. The van der Waals surface area contributed by atoms with E-state index in [-0.39, 0.29) is 5.92 Å². The molecule has 0 radical (unpaired) electrons. The molecule has 6 nitrogen and oxygen atoms in total. The molecule has 3 aliphatic rings. The fourth-order valence-corrected chi connectivity index (χ4v) is 5.66. The van der Waals surface area contributed by atoms with Gasteiger partial charge in [-0.15, -0.1) is 0 Å². The molecule has 0 aromatic carbocycles. The van der Waals surface area contributed by atoms with Crippen LogP contribution >= 0.6 is 0 Å². The van der Waals surface area contributed by atoms with Gasteiger partial charge in [0.1, 0.15) is 0 Å². The highest BCUT2D eigenvalue weighted by Gasteiger charge is 2.42. The monoisotopic (exact) mass is 343 g/mol. The first-order chi connectivity index (χ1) is 10.9. The van der Waals surface area contributed by atoms with E-state index in [1.807, 2.05) is 0 Å². The van der Waals surface area contributed by atoms with E-state index in [1.54, 1.807) is 0 Å². The van der Waals surface area contributed by atoms with E-state index in [2.05, 4.69) is 24.1 Å². The van der Waals surface area contributed by atoms with Crippen LogP contribution in [0.15, 0.2) is 4.99 Å². The molecule has 1 N–H and O–H groups in total. The van der Waals surface area contributed by atoms with Gasteiger partial charge in [-0.3, -0.25) is 4.99 Å². The third kappa shape index (κ3) is 4.18. The summed E-state index contributed by atoms with van der Waals surface area (Å²) in [6.45, 7) is 8.56. The number of nitrogens with zero attached hydrogens (tertiary/aromatic N) is 2. The van der Waals surface area contributed by atoms with Crippen molar-refractivity contribution < 1.29 is 13.2 Å². The van der Waals surface area contributed by atoms with Gasteiger partial charge in [0.15, 0.2) is 15.8 Å². The average molecular weight is 343 g/mol. The quantitative estimate of drug-likeness (QED) is 0.609. The fraction of sp³-hybridized carbons (Fsp3) is 0.938. The Labute approximate surface area is 139 Å². The van der Waals surface area contributed by atoms with E-state index < -0.39 is 9.84 Å². The molecular weight excluding hydrogens is 314 g/mol. The summed E-state index contributed by atoms with van der Waals surface area (Å²) < 4.78 is 28.8. The molecule has 1 spiro atoms. The number of hydrogen-bond donors (Lipinski definition) is 1. The predicted molar refractivity (Wildman–Crippen MR) is 91.4 cm³/mol. The summed E-state index contributed by atoms with van der Waals surface area (Å²) in [6.07, 6.45) is 3.04. The molecule has 7 heteroatoms. The van der Waals surface area contributed by atoms with Gasteiger partial charge in [0.2, 0.25) is 0 Å². The van der Waals surface area contributed by atoms with Crippen molar-refractivity contribution in [3.05, 3.63) is 0 Å². The van der Waals surface area contributed by atoms with Crippen molar-refractivity contribution in [2.45, 2.75) is 39.2 Å². The summed E-state index contributed by atoms with van der Waals surface area (Å²) in [5, 5.41) is 3.46. The third-order valence-corrected chi connectivity index (χ3v) is 7.00. The van der Waals surface area contributed by atoms with Gasteiger partial charge in [0.25, 0.3) is 0 Å². The molecule has 2 atom stereocenters. The highest BCUT2D eigenvalue weighted by atomic mass is 32.2. The summed E-state index contributed by atoms with van der Waals surface area (Å²) in [6, 6.07) is 0.317. The molecule has 0 aromatic rings. The number of hydrogen-bond acceptors (Lipinski definition) is 4. The van der Waals surface area contributed by atoms with E-state index in [4.69, 9.17) is 9.73 Å². The van der Waals surface area contributed by atoms with Crippen molar-refractivity contribution in [1.29, 1.82) is 0 Å². The van der Waals surface area contributed by atoms with Gasteiger partial charge >= 0.3 is 0 Å². The SMILES string of the molecule is CC(C)NC(=NCC1CCS(=O)(=O)C1)N1CCC2(CCOC2)C1. The van der Waals surface area contributed by atoms with Crippen LogP contribution in [0.5, 0.6) is 0 Å². The lowest BCUT2D eigenvalue weighted by Crippen LogP contribution is -2.44. The van der Waals surface area contributed by atoms with Gasteiger partial charge in [-0.25, -0.2) is 8.42 Å². The minimum Gasteiger partial charge on any atom is -0.381 e. The molecule has 0 aromatic heterocycles. The minimum absolute atomic E-state index is 0.176. The average Bonchev–Trinajstić information content (AvgIpc) is 3.17. The number of nitrogens with one attached hydrogen (secondary N) is 1. The van der Waals surface area contributed by atoms with Crippen LogP contribution < -0.4 is 5.32 Å². The van der Waals surface area contributed by atoms with Crippen molar-refractivity contribution in [3.8, 4) is 0 Å². The van der Waals surface area contributed by atoms with Crippen LogP contribution in [0.4, 0.5) is 0 Å². The first kappa shape index (κ1) is 17.0. The third-order valence-electron chi connectivity index (χ3n) is 5.17. The molecule has 3 heterocycles. The van der Waals surface area contributed by atoms with Gasteiger partial charge in [0, 0.05) is 37.7 Å². The second kappa shape index (κ2) is 6.59. The lowest BCUT2D eigenvalue weighted by atomic mass is 9.87. The van der Waals surface area contributed by atoms with Crippen molar-refractivity contribution in [1.82, 2.24) is 10.2 Å². The molecule has 0 saturated carbocycles. The maximum absolute atomic E-state index is 11.6. The van der Waals surface area contributed by atoms with Crippen LogP contribution in [0, 0.1) is 11.3 Å². The normalized spacial score (nSPS) is 34.0. The Balaban J connectivity index is 1.64. The van der Waals surface area contributed by atoms with Crippen LogP contribution in [0.25, 0.3) is 0 Å². The molecule has 132 valence electrons.